The molecule has 0 fully saturated rings. The van der Waals surface area contributed by atoms with Crippen LogP contribution >= 0.6 is 7.82 Å². The standard InChI is InChI=1S/C3H7.H3O4P.2Zn/c1-3-2;1-5(2,3)4;;/h3H,1-2H3;(H3,1,2,3,4);;/q;;+1;+2/p-3. The van der Waals surface area contributed by atoms with Crippen LogP contribution in [0, 0.1) is 0 Å². The summed E-state index contributed by atoms with van der Waals surface area (Å²) in [5, 5.41) is 0. The zero-order valence-corrected chi connectivity index (χ0v) is 12.9. The molecule has 10 heavy (non-hydrogen) atoms. The van der Waals surface area contributed by atoms with E-state index in [0.29, 0.717) is 0 Å². The molecular weight excluding hydrogens is 262 g/mol. The van der Waals surface area contributed by atoms with Gasteiger partial charge in [0.15, 0.2) is 0 Å². The molecule has 0 amide bonds. The summed E-state index contributed by atoms with van der Waals surface area (Å²) in [6, 6.07) is 0. The predicted octanol–water partition coefficient (Wildman–Crippen LogP) is -1.47. The second-order valence-corrected chi connectivity index (χ2v) is 6.16. The average molecular weight is 269 g/mol. The summed E-state index contributed by atoms with van der Waals surface area (Å²) in [5.74, 6) is 0. The molecule has 0 saturated heterocycles. The van der Waals surface area contributed by atoms with E-state index in [-0.39, 0.29) is 19.5 Å². The minimum Gasteiger partial charge on any atom is -0.822 e. The normalized spacial score (nSPS) is 9.60. The van der Waals surface area contributed by atoms with E-state index in [1.165, 1.54) is 18.3 Å². The Balaban J connectivity index is -0.0000000910. The van der Waals surface area contributed by atoms with Crippen molar-refractivity contribution in [3.63, 3.8) is 0 Å². The Hall–Kier alpha value is 1.36. The van der Waals surface area contributed by atoms with Crippen LogP contribution in [0.15, 0.2) is 0 Å². The van der Waals surface area contributed by atoms with E-state index in [1.54, 1.807) is 0 Å². The van der Waals surface area contributed by atoms with Gasteiger partial charge >= 0.3 is 56.1 Å². The van der Waals surface area contributed by atoms with Crippen LogP contribution in [0.3, 0.4) is 0 Å². The summed E-state index contributed by atoms with van der Waals surface area (Å²) in [4.78, 5) is 25.6. The maximum absolute atomic E-state index is 8.55. The van der Waals surface area contributed by atoms with Gasteiger partial charge in [0.05, 0.1) is 0 Å². The van der Waals surface area contributed by atoms with Crippen molar-refractivity contribution in [1.82, 2.24) is 0 Å². The molecule has 7 heteroatoms. The average Bonchev–Trinajstić information content (AvgIpc) is 1.19. The zero-order valence-electron chi connectivity index (χ0n) is 6.07. The molecule has 0 heterocycles. The van der Waals surface area contributed by atoms with Crippen LogP contribution in [0.1, 0.15) is 13.8 Å². The molecule has 0 aromatic heterocycles. The Labute approximate surface area is 83.1 Å². The Morgan fingerprint density at radius 3 is 1.30 bits per heavy atom. The fraction of sp³-hybridized carbons (Fsp3) is 1.00. The number of hydrogen-bond donors (Lipinski definition) is 0. The summed E-state index contributed by atoms with van der Waals surface area (Å²) < 4.78 is 9.51. The quantitative estimate of drug-likeness (QED) is 0.397. The molecule has 0 spiro atoms. The smallest absolute Gasteiger partial charge is 0.822 e. The second-order valence-electron chi connectivity index (χ2n) is 1.84. The minimum atomic E-state index is -5.39. The van der Waals surface area contributed by atoms with Crippen molar-refractivity contribution >= 4 is 7.82 Å². The van der Waals surface area contributed by atoms with E-state index < -0.39 is 7.82 Å². The van der Waals surface area contributed by atoms with Gasteiger partial charge in [-0.25, -0.2) is 0 Å². The molecule has 0 rings (SSSR count). The molecule has 0 atom stereocenters. The van der Waals surface area contributed by atoms with E-state index in [0.717, 1.165) is 4.51 Å². The van der Waals surface area contributed by atoms with E-state index in [4.69, 9.17) is 19.2 Å². The second kappa shape index (κ2) is 8.45. The first-order valence-electron chi connectivity index (χ1n) is 2.29. The summed E-state index contributed by atoms with van der Waals surface area (Å²) in [7, 11) is -5.39. The largest absolute Gasteiger partial charge is 2.00 e. The van der Waals surface area contributed by atoms with Crippen LogP contribution in [0.25, 0.3) is 0 Å². The Morgan fingerprint density at radius 1 is 1.30 bits per heavy atom. The third-order valence-electron chi connectivity index (χ3n) is 0. The Morgan fingerprint density at radius 2 is 1.30 bits per heavy atom. The van der Waals surface area contributed by atoms with Crippen molar-refractivity contribution in [3.8, 4) is 0 Å². The van der Waals surface area contributed by atoms with Crippen LogP contribution in [-0.4, -0.2) is 0 Å². The van der Waals surface area contributed by atoms with Crippen LogP contribution < -0.4 is 14.7 Å². The summed E-state index contributed by atoms with van der Waals surface area (Å²) in [5.41, 5.74) is 0. The van der Waals surface area contributed by atoms with Crippen molar-refractivity contribution in [2.24, 2.45) is 0 Å². The number of phosphoric acid groups is 1. The molecule has 52 valence electrons. The van der Waals surface area contributed by atoms with Crippen molar-refractivity contribution in [1.29, 1.82) is 0 Å². The third-order valence-corrected chi connectivity index (χ3v) is 0. The minimum absolute atomic E-state index is 0. The van der Waals surface area contributed by atoms with Crippen molar-refractivity contribution in [2.75, 3.05) is 0 Å². The molecule has 0 aromatic carbocycles. The number of rotatable bonds is 0. The van der Waals surface area contributed by atoms with Crippen LogP contribution in [0.2, 0.25) is 4.51 Å². The first kappa shape index (κ1) is 17.4. The SMILES string of the molecule is C[CH](C)[Zn+].O=P([O-])([O-])[O-].[Zn+2]. The van der Waals surface area contributed by atoms with Gasteiger partial charge in [-0.05, 0) is 0 Å². The molecule has 0 saturated carbocycles. The maximum Gasteiger partial charge on any atom is 2.00 e. The molecule has 0 radical (unpaired) electrons. The van der Waals surface area contributed by atoms with Crippen LogP contribution in [-0.2, 0) is 42.3 Å². The van der Waals surface area contributed by atoms with Gasteiger partial charge in [-0.3, -0.25) is 0 Å². The summed E-state index contributed by atoms with van der Waals surface area (Å²) in [6.45, 7) is 4.44. The van der Waals surface area contributed by atoms with Crippen molar-refractivity contribution in [3.05, 3.63) is 0 Å². The number of hydrogen-bond acceptors (Lipinski definition) is 4. The van der Waals surface area contributed by atoms with Gasteiger partial charge in [0.1, 0.15) is 0 Å². The first-order chi connectivity index (χ1) is 3.73. The fourth-order valence-electron chi connectivity index (χ4n) is 0. The molecule has 0 aromatic rings. The summed E-state index contributed by atoms with van der Waals surface area (Å²) >= 11 is 1.43. The Bertz CT molecular complexity index is 89.7. The molecule has 0 bridgehead atoms. The molecular formula is C3H7O4PZn2. The molecule has 0 aliphatic rings. The van der Waals surface area contributed by atoms with E-state index in [1.807, 2.05) is 0 Å². The third kappa shape index (κ3) is 355. The van der Waals surface area contributed by atoms with Gasteiger partial charge in [-0.2, -0.15) is 7.82 Å². The fourth-order valence-corrected chi connectivity index (χ4v) is 0. The maximum atomic E-state index is 8.55. The van der Waals surface area contributed by atoms with Crippen molar-refractivity contribution in [2.45, 2.75) is 18.4 Å². The molecule has 0 N–H and O–H groups in total. The molecule has 4 nitrogen and oxygen atoms in total. The zero-order chi connectivity index (χ0) is 8.08. The molecule has 0 aliphatic carbocycles. The van der Waals surface area contributed by atoms with Gasteiger partial charge in [0, 0.05) is 0 Å². The van der Waals surface area contributed by atoms with Crippen molar-refractivity contribution < 1.29 is 57.0 Å². The van der Waals surface area contributed by atoms with Gasteiger partial charge in [0.25, 0.3) is 0 Å². The summed E-state index contributed by atoms with van der Waals surface area (Å²) in [6.07, 6.45) is 0. The van der Waals surface area contributed by atoms with E-state index >= 15 is 0 Å². The van der Waals surface area contributed by atoms with E-state index in [2.05, 4.69) is 13.8 Å². The van der Waals surface area contributed by atoms with Crippen LogP contribution in [0.4, 0.5) is 0 Å². The van der Waals surface area contributed by atoms with E-state index in [9.17, 15) is 0 Å². The monoisotopic (exact) mass is 266 g/mol. The topological polar surface area (TPSA) is 86.2 Å². The first-order valence-corrected chi connectivity index (χ1v) is 5.47. The van der Waals surface area contributed by atoms with Gasteiger partial charge in [0.2, 0.25) is 0 Å². The predicted molar refractivity (Wildman–Crippen MR) is 22.7 cm³/mol. The molecule has 0 unspecified atom stereocenters. The van der Waals surface area contributed by atoms with Gasteiger partial charge in [-0.1, -0.05) is 0 Å². The van der Waals surface area contributed by atoms with Gasteiger partial charge < -0.3 is 19.2 Å². The Kier molecular flexibility index (Phi) is 14.7. The van der Waals surface area contributed by atoms with Crippen LogP contribution in [0.5, 0.6) is 0 Å². The van der Waals surface area contributed by atoms with Gasteiger partial charge in [-0.15, -0.1) is 0 Å². The molecule has 0 aliphatic heterocycles.